The second-order valence-electron chi connectivity index (χ2n) is 8.68. The van der Waals surface area contributed by atoms with E-state index >= 15 is 0 Å². The highest BCUT2D eigenvalue weighted by atomic mass is 17.0. The number of carbonyl (C=O) groups is 1. The third-order valence-corrected chi connectivity index (χ3v) is 5.53. The van der Waals surface area contributed by atoms with Gasteiger partial charge in [-0.3, -0.25) is 0 Å². The summed E-state index contributed by atoms with van der Waals surface area (Å²) < 4.78 is 0. The van der Waals surface area contributed by atoms with Crippen LogP contribution in [0, 0.1) is 25.6 Å². The highest BCUT2D eigenvalue weighted by molar-refractivity contribution is 5.88. The fourth-order valence-electron chi connectivity index (χ4n) is 3.76. The van der Waals surface area contributed by atoms with Crippen LogP contribution in [0.4, 0.5) is 0 Å². The Morgan fingerprint density at radius 2 is 1.88 bits per heavy atom. The van der Waals surface area contributed by atoms with Gasteiger partial charge in [-0.05, 0) is 56.6 Å². The summed E-state index contributed by atoms with van der Waals surface area (Å²) in [5.41, 5.74) is 3.99. The van der Waals surface area contributed by atoms with E-state index in [0.717, 1.165) is 18.4 Å². The van der Waals surface area contributed by atoms with Gasteiger partial charge in [-0.1, -0.05) is 55.4 Å². The molecule has 1 aliphatic carbocycles. The number of rotatable bonds is 12. The molecule has 0 bridgehead atoms. The van der Waals surface area contributed by atoms with Crippen LogP contribution in [0.1, 0.15) is 60.3 Å². The molecule has 1 aliphatic rings. The molecule has 0 radical (unpaired) electrons. The van der Waals surface area contributed by atoms with Crippen LogP contribution in [-0.2, 0) is 14.5 Å². The summed E-state index contributed by atoms with van der Waals surface area (Å²) in [6, 6.07) is 0. The molecule has 1 N–H and O–H groups in total. The minimum Gasteiger partial charge on any atom is -0.478 e. The topological polar surface area (TPSA) is 142 Å². The first kappa shape index (κ1) is 27.6. The van der Waals surface area contributed by atoms with Gasteiger partial charge in [0.25, 0.3) is 10.2 Å². The quantitative estimate of drug-likeness (QED) is 0.181. The number of allylic oxidation sites excluding steroid dienone is 9. The Balaban J connectivity index is 2.99. The predicted molar refractivity (Wildman–Crippen MR) is 122 cm³/mol. The van der Waals surface area contributed by atoms with Gasteiger partial charge < -0.3 is 14.8 Å². The number of carboxylic acid groups (broad SMARTS) is 1. The van der Waals surface area contributed by atoms with Crippen molar-refractivity contribution in [3.8, 4) is 0 Å². The molecule has 0 saturated heterocycles. The summed E-state index contributed by atoms with van der Waals surface area (Å²) in [7, 11) is 0. The van der Waals surface area contributed by atoms with Gasteiger partial charge in [-0.15, -0.1) is 20.2 Å². The maximum Gasteiger partial charge on any atom is 0.331 e. The van der Waals surface area contributed by atoms with Crippen LogP contribution in [-0.4, -0.2) is 34.0 Å². The van der Waals surface area contributed by atoms with E-state index in [-0.39, 0.29) is 11.0 Å². The highest BCUT2D eigenvalue weighted by Crippen LogP contribution is 2.40. The average Bonchev–Trinajstić information content (AvgIpc) is 2.68. The zero-order valence-corrected chi connectivity index (χ0v) is 19.7. The molecule has 1 atom stereocenters. The van der Waals surface area contributed by atoms with Gasteiger partial charge in [0.05, 0.1) is 0 Å². The number of aliphatic carboxylic acids is 1. The van der Waals surface area contributed by atoms with Crippen LogP contribution in [0.25, 0.3) is 0 Å². The Labute approximate surface area is 193 Å². The fraction of sp³-hybridized carbons (Fsp3) is 0.522. The number of carboxylic acids is 1. The molecule has 0 heterocycles. The van der Waals surface area contributed by atoms with Crippen LogP contribution >= 0.6 is 0 Å². The predicted octanol–water partition coefficient (Wildman–Crippen LogP) is 5.15. The smallest absolute Gasteiger partial charge is 0.331 e. The molecule has 1 rings (SSSR count). The average molecular weight is 465 g/mol. The van der Waals surface area contributed by atoms with E-state index in [1.165, 1.54) is 24.5 Å². The first-order valence-corrected chi connectivity index (χ1v) is 10.6. The molecule has 0 aromatic heterocycles. The van der Waals surface area contributed by atoms with E-state index in [9.17, 15) is 30.1 Å². The van der Waals surface area contributed by atoms with Crippen molar-refractivity contribution in [3.63, 3.8) is 0 Å². The fourth-order valence-corrected chi connectivity index (χ4v) is 3.76. The third-order valence-electron chi connectivity index (χ3n) is 5.53. The normalized spacial score (nSPS) is 18.3. The molecule has 0 spiro atoms. The van der Waals surface area contributed by atoms with Gasteiger partial charge in [0.1, 0.15) is 12.7 Å². The number of nitrogens with zero attached hydrogens (tertiary/aromatic N) is 2. The lowest BCUT2D eigenvalue weighted by molar-refractivity contribution is -0.789. The molecule has 0 aromatic carbocycles. The van der Waals surface area contributed by atoms with E-state index in [2.05, 4.69) is 36.5 Å². The van der Waals surface area contributed by atoms with Crippen LogP contribution in [0.5, 0.6) is 0 Å². The van der Waals surface area contributed by atoms with E-state index in [1.807, 2.05) is 19.1 Å². The minimum absolute atomic E-state index is 0.131. The summed E-state index contributed by atoms with van der Waals surface area (Å²) >= 11 is 0. The van der Waals surface area contributed by atoms with Crippen molar-refractivity contribution in [2.45, 2.75) is 66.4 Å². The maximum absolute atomic E-state index is 11.6. The molecule has 0 saturated carbocycles. The van der Waals surface area contributed by atoms with Gasteiger partial charge >= 0.3 is 5.97 Å². The lowest BCUT2D eigenvalue weighted by atomic mass is 9.72. The monoisotopic (exact) mass is 464 g/mol. The lowest BCUT2D eigenvalue weighted by Gasteiger charge is -2.32. The summed E-state index contributed by atoms with van der Waals surface area (Å²) in [6.45, 7) is 9.34. The molecular weight excluding hydrogens is 432 g/mol. The van der Waals surface area contributed by atoms with Gasteiger partial charge in [-0.2, -0.15) is 0 Å². The van der Waals surface area contributed by atoms with Crippen molar-refractivity contribution in [3.05, 3.63) is 78.5 Å². The molecule has 0 aliphatic heterocycles. The summed E-state index contributed by atoms with van der Waals surface area (Å²) in [5.74, 6) is -1.31. The molecule has 0 amide bonds. The van der Waals surface area contributed by atoms with Gasteiger partial charge in [0, 0.05) is 12.0 Å². The number of hydrogen-bond donors (Lipinski definition) is 1. The Morgan fingerprint density at radius 1 is 1.21 bits per heavy atom. The van der Waals surface area contributed by atoms with Crippen molar-refractivity contribution in [2.75, 3.05) is 6.61 Å². The zero-order chi connectivity index (χ0) is 25.2. The molecule has 10 heteroatoms. The maximum atomic E-state index is 11.6. The molecule has 182 valence electrons. The van der Waals surface area contributed by atoms with Gasteiger partial charge in [0.15, 0.2) is 0 Å². The SMILES string of the molecule is CC(C=CC1=C(C)CCCC1(C)C)=CC=CC(C)=C(C[C@H](CO[N+](=O)[O-])O[N+](=O)[O-])C(=O)O. The molecule has 10 nitrogen and oxygen atoms in total. The molecule has 0 aromatic rings. The first-order valence-electron chi connectivity index (χ1n) is 10.6. The Kier molecular flexibility index (Phi) is 10.5. The van der Waals surface area contributed by atoms with Crippen LogP contribution in [0.15, 0.2) is 58.2 Å². The van der Waals surface area contributed by atoms with Crippen molar-refractivity contribution in [1.82, 2.24) is 0 Å². The van der Waals surface area contributed by atoms with E-state index in [0.29, 0.717) is 5.57 Å². The lowest BCUT2D eigenvalue weighted by Crippen LogP contribution is -2.26. The first-order chi connectivity index (χ1) is 15.3. The van der Waals surface area contributed by atoms with Crippen LogP contribution in [0.3, 0.4) is 0 Å². The second-order valence-corrected chi connectivity index (χ2v) is 8.68. The summed E-state index contributed by atoms with van der Waals surface area (Å²) in [5, 5.41) is 28.2. The largest absolute Gasteiger partial charge is 0.478 e. The van der Waals surface area contributed by atoms with Gasteiger partial charge in [-0.25, -0.2) is 4.79 Å². The van der Waals surface area contributed by atoms with E-state index < -0.39 is 35.3 Å². The Bertz CT molecular complexity index is 909. The van der Waals surface area contributed by atoms with E-state index in [1.54, 1.807) is 12.2 Å². The molecule has 33 heavy (non-hydrogen) atoms. The third kappa shape index (κ3) is 9.71. The van der Waals surface area contributed by atoms with Crippen molar-refractivity contribution in [1.29, 1.82) is 0 Å². The minimum atomic E-state index is -1.43. The van der Waals surface area contributed by atoms with Crippen molar-refractivity contribution in [2.24, 2.45) is 5.41 Å². The Morgan fingerprint density at radius 3 is 2.42 bits per heavy atom. The number of hydrogen-bond acceptors (Lipinski definition) is 7. The van der Waals surface area contributed by atoms with Crippen LogP contribution in [0.2, 0.25) is 0 Å². The molecule has 0 fully saturated rings. The zero-order valence-electron chi connectivity index (χ0n) is 19.7. The highest BCUT2D eigenvalue weighted by Gasteiger charge is 2.26. The van der Waals surface area contributed by atoms with Crippen molar-refractivity contribution >= 4 is 5.97 Å². The van der Waals surface area contributed by atoms with Crippen molar-refractivity contribution < 1.29 is 29.7 Å². The summed E-state index contributed by atoms with van der Waals surface area (Å²) in [4.78, 5) is 41.1. The van der Waals surface area contributed by atoms with Gasteiger partial charge in [0.2, 0.25) is 0 Å². The summed E-state index contributed by atoms with van der Waals surface area (Å²) in [6.07, 6.45) is 10.8. The Hall–Kier alpha value is -3.43. The standard InChI is InChI=1S/C23H32N2O8/c1-16(11-12-21-18(3)10-7-13-23(21,4)5)8-6-9-17(2)20(22(26)27)14-19(33-25(30)31)15-32-24(28)29/h6,8-9,11-12,19H,7,10,13-15H2,1-5H3,(H,26,27)/t19-/m1/s1. The van der Waals surface area contributed by atoms with E-state index in [4.69, 9.17) is 0 Å². The molecular formula is C23H32N2O8. The second kappa shape index (κ2) is 12.6. The van der Waals surface area contributed by atoms with Crippen LogP contribution < -0.4 is 0 Å². The molecule has 0 unspecified atom stereocenters.